The predicted molar refractivity (Wildman–Crippen MR) is 83.5 cm³/mol. The van der Waals surface area contributed by atoms with Crippen LogP contribution in [0.15, 0.2) is 24.3 Å². The molecule has 0 radical (unpaired) electrons. The second kappa shape index (κ2) is 8.23. The van der Waals surface area contributed by atoms with Crippen LogP contribution in [0.5, 0.6) is 0 Å². The molecule has 0 aliphatic rings. The Kier molecular flexibility index (Phi) is 6.89. The van der Waals surface area contributed by atoms with Crippen molar-refractivity contribution in [2.24, 2.45) is 0 Å². The number of nitrogens with one attached hydrogen (secondary N) is 2. The first kappa shape index (κ1) is 20.1. The topological polar surface area (TPSA) is 67.4 Å². The quantitative estimate of drug-likeness (QED) is 0.572. The summed E-state index contributed by atoms with van der Waals surface area (Å²) in [5.74, 6) is -2.57. The van der Waals surface area contributed by atoms with Gasteiger partial charge in [0.15, 0.2) is 0 Å². The van der Waals surface area contributed by atoms with Gasteiger partial charge in [0.1, 0.15) is 0 Å². The molecule has 9 heteroatoms. The van der Waals surface area contributed by atoms with Crippen LogP contribution in [0.4, 0.5) is 18.9 Å². The number of ether oxygens (including phenoxy) is 1. The minimum Gasteiger partial charge on any atom is -0.463 e. The van der Waals surface area contributed by atoms with Crippen LogP contribution in [0.2, 0.25) is 5.02 Å². The summed E-state index contributed by atoms with van der Waals surface area (Å²) in [6, 6.07) is 5.22. The number of hydrogen-bond donors (Lipinski definition) is 2. The third kappa shape index (κ3) is 4.77. The normalized spacial score (nSPS) is 13.8. The van der Waals surface area contributed by atoms with Crippen LogP contribution >= 0.6 is 11.6 Å². The summed E-state index contributed by atoms with van der Waals surface area (Å²) in [7, 11) is 0. The summed E-state index contributed by atoms with van der Waals surface area (Å²) in [5, 5.41) is 4.09. The molecule has 0 aliphatic heterocycles. The molecular formula is C15H18ClF3N2O3. The number of amides is 1. The van der Waals surface area contributed by atoms with Gasteiger partial charge >= 0.3 is 17.8 Å². The molecule has 134 valence electrons. The van der Waals surface area contributed by atoms with E-state index >= 15 is 0 Å². The number of rotatable bonds is 7. The summed E-state index contributed by atoms with van der Waals surface area (Å²) in [6.45, 7) is 2.73. The molecule has 1 amide bonds. The Morgan fingerprint density at radius 1 is 1.17 bits per heavy atom. The van der Waals surface area contributed by atoms with Crippen molar-refractivity contribution in [2.75, 3.05) is 11.9 Å². The van der Waals surface area contributed by atoms with E-state index in [1.165, 1.54) is 31.2 Å². The molecule has 1 aromatic rings. The maximum Gasteiger partial charge on any atom is 0.441 e. The van der Waals surface area contributed by atoms with Crippen LogP contribution in [0, 0.1) is 0 Å². The molecule has 0 heterocycles. The average Bonchev–Trinajstić information content (AvgIpc) is 2.48. The van der Waals surface area contributed by atoms with Gasteiger partial charge in [-0.15, -0.1) is 0 Å². The molecule has 0 bridgehead atoms. The highest BCUT2D eigenvalue weighted by atomic mass is 35.5. The molecule has 1 atom stereocenters. The molecule has 0 unspecified atom stereocenters. The smallest absolute Gasteiger partial charge is 0.441 e. The van der Waals surface area contributed by atoms with Gasteiger partial charge in [0, 0.05) is 17.1 Å². The maximum atomic E-state index is 13.7. The van der Waals surface area contributed by atoms with E-state index in [-0.39, 0.29) is 18.7 Å². The number of anilines is 1. The Balaban J connectivity index is 3.30. The zero-order chi connectivity index (χ0) is 18.4. The fourth-order valence-electron chi connectivity index (χ4n) is 1.88. The van der Waals surface area contributed by atoms with E-state index in [2.05, 4.69) is 4.74 Å². The number of benzene rings is 1. The molecule has 2 N–H and O–H groups in total. The lowest BCUT2D eigenvalue weighted by Crippen LogP contribution is -2.69. The molecule has 0 aliphatic carbocycles. The van der Waals surface area contributed by atoms with E-state index < -0.39 is 23.7 Å². The van der Waals surface area contributed by atoms with Gasteiger partial charge in [0.25, 0.3) is 0 Å². The van der Waals surface area contributed by atoms with Crippen molar-refractivity contribution in [1.29, 1.82) is 0 Å². The Hall–Kier alpha value is -1.96. The molecule has 1 aromatic carbocycles. The SMILES string of the molecule is CCCC(=O)N[C@](Nc1ccc(Cl)cc1)(C(=O)OCC)C(F)(F)F. The van der Waals surface area contributed by atoms with Crippen molar-refractivity contribution < 1.29 is 27.5 Å². The lowest BCUT2D eigenvalue weighted by Gasteiger charge is -2.35. The van der Waals surface area contributed by atoms with Gasteiger partial charge in [-0.05, 0) is 37.6 Å². The second-order valence-corrected chi connectivity index (χ2v) is 5.33. The van der Waals surface area contributed by atoms with E-state index in [1.807, 2.05) is 5.32 Å². The Morgan fingerprint density at radius 3 is 2.21 bits per heavy atom. The molecule has 0 spiro atoms. The summed E-state index contributed by atoms with van der Waals surface area (Å²) in [4.78, 5) is 23.9. The van der Waals surface area contributed by atoms with Crippen molar-refractivity contribution in [1.82, 2.24) is 5.32 Å². The zero-order valence-corrected chi connectivity index (χ0v) is 13.9. The third-order valence-corrected chi connectivity index (χ3v) is 3.24. The standard InChI is InChI=1S/C15H18ClF3N2O3/c1-3-5-12(22)21-14(15(17,18)19,13(23)24-4-2)20-11-8-6-10(16)7-9-11/h6-9,20H,3-5H2,1-2H3,(H,21,22)/t14-/m1/s1. The molecule has 1 rings (SSSR count). The van der Waals surface area contributed by atoms with E-state index in [0.29, 0.717) is 11.4 Å². The first-order valence-electron chi connectivity index (χ1n) is 7.25. The number of alkyl halides is 3. The first-order valence-corrected chi connectivity index (χ1v) is 7.62. The van der Waals surface area contributed by atoms with Crippen molar-refractivity contribution in [3.8, 4) is 0 Å². The van der Waals surface area contributed by atoms with E-state index in [1.54, 1.807) is 12.2 Å². The van der Waals surface area contributed by atoms with Crippen molar-refractivity contribution in [3.05, 3.63) is 29.3 Å². The second-order valence-electron chi connectivity index (χ2n) is 4.90. The molecular weight excluding hydrogens is 349 g/mol. The van der Waals surface area contributed by atoms with Gasteiger partial charge in [-0.2, -0.15) is 13.2 Å². The summed E-state index contributed by atoms with van der Waals surface area (Å²) >= 11 is 5.70. The zero-order valence-electron chi connectivity index (χ0n) is 13.2. The van der Waals surface area contributed by atoms with E-state index in [0.717, 1.165) is 0 Å². The van der Waals surface area contributed by atoms with Gasteiger partial charge in [0.05, 0.1) is 6.61 Å². The summed E-state index contributed by atoms with van der Waals surface area (Å²) < 4.78 is 45.7. The lowest BCUT2D eigenvalue weighted by atomic mass is 10.1. The number of hydrogen-bond acceptors (Lipinski definition) is 4. The molecule has 0 fully saturated rings. The van der Waals surface area contributed by atoms with Gasteiger partial charge < -0.3 is 15.4 Å². The van der Waals surface area contributed by atoms with Crippen LogP contribution in [-0.4, -0.2) is 30.3 Å². The Labute approximate surface area is 142 Å². The van der Waals surface area contributed by atoms with Crippen LogP contribution < -0.4 is 10.6 Å². The van der Waals surface area contributed by atoms with Crippen LogP contribution in [-0.2, 0) is 14.3 Å². The van der Waals surface area contributed by atoms with Crippen LogP contribution in [0.25, 0.3) is 0 Å². The monoisotopic (exact) mass is 366 g/mol. The first-order chi connectivity index (χ1) is 11.2. The van der Waals surface area contributed by atoms with E-state index in [9.17, 15) is 22.8 Å². The number of carbonyl (C=O) groups excluding carboxylic acids is 2. The molecule has 24 heavy (non-hydrogen) atoms. The highest BCUT2D eigenvalue weighted by Crippen LogP contribution is 2.33. The van der Waals surface area contributed by atoms with Gasteiger partial charge in [0.2, 0.25) is 5.91 Å². The van der Waals surface area contributed by atoms with Gasteiger partial charge in [-0.25, -0.2) is 4.79 Å². The molecule has 0 saturated heterocycles. The van der Waals surface area contributed by atoms with Crippen LogP contribution in [0.1, 0.15) is 26.7 Å². The molecule has 0 saturated carbocycles. The minimum atomic E-state index is -5.14. The number of carbonyl (C=O) groups is 2. The van der Waals surface area contributed by atoms with E-state index in [4.69, 9.17) is 11.6 Å². The predicted octanol–water partition coefficient (Wildman–Crippen LogP) is 3.49. The van der Waals surface area contributed by atoms with Crippen molar-refractivity contribution >= 4 is 29.2 Å². The minimum absolute atomic E-state index is 0.0541. The van der Waals surface area contributed by atoms with Crippen molar-refractivity contribution in [3.63, 3.8) is 0 Å². The van der Waals surface area contributed by atoms with Crippen molar-refractivity contribution in [2.45, 2.75) is 38.5 Å². The fourth-order valence-corrected chi connectivity index (χ4v) is 2.00. The Morgan fingerprint density at radius 2 is 1.75 bits per heavy atom. The van der Waals surface area contributed by atoms with Gasteiger partial charge in [-0.3, -0.25) is 4.79 Å². The largest absolute Gasteiger partial charge is 0.463 e. The molecule has 0 aromatic heterocycles. The third-order valence-electron chi connectivity index (χ3n) is 2.99. The maximum absolute atomic E-state index is 13.7. The highest BCUT2D eigenvalue weighted by Gasteiger charge is 2.63. The fraction of sp³-hybridized carbons (Fsp3) is 0.467. The highest BCUT2D eigenvalue weighted by molar-refractivity contribution is 6.30. The number of esters is 1. The van der Waals surface area contributed by atoms with Gasteiger partial charge in [-0.1, -0.05) is 18.5 Å². The molecule has 5 nitrogen and oxygen atoms in total. The average molecular weight is 367 g/mol. The summed E-state index contributed by atoms with van der Waals surface area (Å²) in [6.07, 6.45) is -4.98. The lowest BCUT2D eigenvalue weighted by molar-refractivity contribution is -0.207. The van der Waals surface area contributed by atoms with Crippen LogP contribution in [0.3, 0.4) is 0 Å². The Bertz CT molecular complexity index is 578. The summed E-state index contributed by atoms with van der Waals surface area (Å²) in [5.41, 5.74) is -3.44. The number of halogens is 4.